The minimum atomic E-state index is -0.766. The average molecular weight is 267 g/mol. The van der Waals surface area contributed by atoms with E-state index >= 15 is 0 Å². The van der Waals surface area contributed by atoms with Crippen LogP contribution < -0.4 is 4.90 Å². The molecule has 0 spiro atoms. The van der Waals surface area contributed by atoms with Gasteiger partial charge in [0.25, 0.3) is 0 Å². The lowest BCUT2D eigenvalue weighted by molar-refractivity contribution is -0.147. The second-order valence-electron chi connectivity index (χ2n) is 5.35. The third kappa shape index (κ3) is 4.54. The van der Waals surface area contributed by atoms with Crippen LogP contribution in [0.2, 0.25) is 0 Å². The van der Waals surface area contributed by atoms with Gasteiger partial charge >= 0.3 is 5.97 Å². The molecule has 3 nitrogen and oxygen atoms in total. The Hall–Kier alpha value is -1.58. The molecule has 0 aliphatic heterocycles. The number of carboxylic acid groups (broad SMARTS) is 1. The standard InChI is InChI=1S/C15H22FNO2/c1-4-17(13-8-6-12(16)7-9-13)11-5-10-15(2,3)14(18)19/h6-9H,4-5,10-11H2,1-3H3,(H,18,19). The fourth-order valence-electron chi connectivity index (χ4n) is 1.94. The van der Waals surface area contributed by atoms with Gasteiger partial charge in [-0.3, -0.25) is 4.79 Å². The van der Waals surface area contributed by atoms with Gasteiger partial charge in [0.05, 0.1) is 5.41 Å². The van der Waals surface area contributed by atoms with Crippen LogP contribution in [0, 0.1) is 11.2 Å². The molecular formula is C15H22FNO2. The zero-order chi connectivity index (χ0) is 14.5. The van der Waals surface area contributed by atoms with Crippen LogP contribution in [0.5, 0.6) is 0 Å². The molecule has 1 aromatic carbocycles. The fraction of sp³-hybridized carbons (Fsp3) is 0.533. The van der Waals surface area contributed by atoms with Gasteiger partial charge in [-0.2, -0.15) is 0 Å². The molecular weight excluding hydrogens is 245 g/mol. The summed E-state index contributed by atoms with van der Waals surface area (Å²) in [7, 11) is 0. The summed E-state index contributed by atoms with van der Waals surface area (Å²) in [4.78, 5) is 13.1. The number of carboxylic acids is 1. The number of halogens is 1. The zero-order valence-electron chi connectivity index (χ0n) is 11.8. The van der Waals surface area contributed by atoms with E-state index in [4.69, 9.17) is 5.11 Å². The first kappa shape index (κ1) is 15.5. The monoisotopic (exact) mass is 267 g/mol. The van der Waals surface area contributed by atoms with Gasteiger partial charge in [0.2, 0.25) is 0 Å². The Labute approximate surface area is 114 Å². The van der Waals surface area contributed by atoms with E-state index in [1.54, 1.807) is 26.0 Å². The van der Waals surface area contributed by atoms with Crippen molar-refractivity contribution in [1.29, 1.82) is 0 Å². The first-order valence-corrected chi connectivity index (χ1v) is 6.60. The lowest BCUT2D eigenvalue weighted by Crippen LogP contribution is -2.28. The number of nitrogens with zero attached hydrogens (tertiary/aromatic N) is 1. The Balaban J connectivity index is 2.54. The first-order valence-electron chi connectivity index (χ1n) is 6.60. The highest BCUT2D eigenvalue weighted by molar-refractivity contribution is 5.73. The van der Waals surface area contributed by atoms with Crippen molar-refractivity contribution in [2.45, 2.75) is 33.6 Å². The average Bonchev–Trinajstić information content (AvgIpc) is 2.36. The summed E-state index contributed by atoms with van der Waals surface area (Å²) in [6.45, 7) is 7.11. The van der Waals surface area contributed by atoms with Gasteiger partial charge in [-0.1, -0.05) is 0 Å². The summed E-state index contributed by atoms with van der Waals surface area (Å²) in [5.74, 6) is -1.01. The van der Waals surface area contributed by atoms with Crippen LogP contribution in [0.4, 0.5) is 10.1 Å². The lowest BCUT2D eigenvalue weighted by Gasteiger charge is -2.25. The van der Waals surface area contributed by atoms with Crippen molar-refractivity contribution < 1.29 is 14.3 Å². The van der Waals surface area contributed by atoms with E-state index in [1.165, 1.54) is 12.1 Å². The Morgan fingerprint density at radius 2 is 1.89 bits per heavy atom. The zero-order valence-corrected chi connectivity index (χ0v) is 11.8. The van der Waals surface area contributed by atoms with Crippen molar-refractivity contribution >= 4 is 11.7 Å². The third-order valence-electron chi connectivity index (χ3n) is 3.38. The normalized spacial score (nSPS) is 11.4. The van der Waals surface area contributed by atoms with Gasteiger partial charge in [0, 0.05) is 18.8 Å². The van der Waals surface area contributed by atoms with Crippen LogP contribution in [0.1, 0.15) is 33.6 Å². The SMILES string of the molecule is CCN(CCCC(C)(C)C(=O)O)c1ccc(F)cc1. The highest BCUT2D eigenvalue weighted by Crippen LogP contribution is 2.23. The molecule has 0 aliphatic rings. The maximum atomic E-state index is 12.9. The molecule has 0 atom stereocenters. The van der Waals surface area contributed by atoms with Crippen LogP contribution >= 0.6 is 0 Å². The Kier molecular flexibility index (Phi) is 5.33. The summed E-state index contributed by atoms with van der Waals surface area (Å²) in [6.07, 6.45) is 1.42. The summed E-state index contributed by atoms with van der Waals surface area (Å²) in [5.41, 5.74) is 0.277. The molecule has 0 radical (unpaired) electrons. The first-order chi connectivity index (χ1) is 8.86. The summed E-state index contributed by atoms with van der Waals surface area (Å²) < 4.78 is 12.9. The van der Waals surface area contributed by atoms with E-state index in [0.29, 0.717) is 6.42 Å². The highest BCUT2D eigenvalue weighted by Gasteiger charge is 2.26. The number of aliphatic carboxylic acids is 1. The molecule has 0 heterocycles. The van der Waals surface area contributed by atoms with Gasteiger partial charge in [-0.05, 0) is 57.9 Å². The maximum Gasteiger partial charge on any atom is 0.309 e. The van der Waals surface area contributed by atoms with Crippen molar-refractivity contribution in [2.24, 2.45) is 5.41 Å². The second kappa shape index (κ2) is 6.55. The van der Waals surface area contributed by atoms with Crippen molar-refractivity contribution in [3.63, 3.8) is 0 Å². The number of hydrogen-bond donors (Lipinski definition) is 1. The molecule has 0 bridgehead atoms. The molecule has 0 aromatic heterocycles. The van der Waals surface area contributed by atoms with E-state index in [1.807, 2.05) is 6.92 Å². The topological polar surface area (TPSA) is 40.5 Å². The van der Waals surface area contributed by atoms with Gasteiger partial charge < -0.3 is 10.0 Å². The molecule has 1 aromatic rings. The molecule has 106 valence electrons. The van der Waals surface area contributed by atoms with Crippen molar-refractivity contribution in [3.8, 4) is 0 Å². The predicted molar refractivity (Wildman–Crippen MR) is 74.9 cm³/mol. The maximum absolute atomic E-state index is 12.9. The van der Waals surface area contributed by atoms with Crippen LogP contribution in [0.25, 0.3) is 0 Å². The minimum absolute atomic E-state index is 0.244. The molecule has 0 saturated heterocycles. The highest BCUT2D eigenvalue weighted by atomic mass is 19.1. The predicted octanol–water partition coefficient (Wildman–Crippen LogP) is 3.54. The van der Waals surface area contributed by atoms with Gasteiger partial charge in [-0.15, -0.1) is 0 Å². The number of benzene rings is 1. The van der Waals surface area contributed by atoms with Crippen molar-refractivity contribution in [2.75, 3.05) is 18.0 Å². The van der Waals surface area contributed by atoms with Gasteiger partial charge in [0.15, 0.2) is 0 Å². The van der Waals surface area contributed by atoms with Crippen LogP contribution in [0.3, 0.4) is 0 Å². The molecule has 0 aliphatic carbocycles. The van der Waals surface area contributed by atoms with E-state index < -0.39 is 11.4 Å². The van der Waals surface area contributed by atoms with E-state index in [-0.39, 0.29) is 5.82 Å². The largest absolute Gasteiger partial charge is 0.481 e. The molecule has 1 N–H and O–H groups in total. The third-order valence-corrected chi connectivity index (χ3v) is 3.38. The number of rotatable bonds is 7. The number of anilines is 1. The summed E-state index contributed by atoms with van der Waals surface area (Å²) in [6, 6.07) is 6.39. The molecule has 0 amide bonds. The van der Waals surface area contributed by atoms with Crippen molar-refractivity contribution in [1.82, 2.24) is 0 Å². The minimum Gasteiger partial charge on any atom is -0.481 e. The molecule has 19 heavy (non-hydrogen) atoms. The smallest absolute Gasteiger partial charge is 0.309 e. The van der Waals surface area contributed by atoms with Gasteiger partial charge in [0.1, 0.15) is 5.82 Å². The number of hydrogen-bond acceptors (Lipinski definition) is 2. The van der Waals surface area contributed by atoms with Gasteiger partial charge in [-0.25, -0.2) is 4.39 Å². The summed E-state index contributed by atoms with van der Waals surface area (Å²) >= 11 is 0. The number of carbonyl (C=O) groups is 1. The Morgan fingerprint density at radius 3 is 2.37 bits per heavy atom. The lowest BCUT2D eigenvalue weighted by atomic mass is 9.88. The molecule has 4 heteroatoms. The Bertz CT molecular complexity index is 415. The quantitative estimate of drug-likeness (QED) is 0.821. The second-order valence-corrected chi connectivity index (χ2v) is 5.35. The van der Waals surface area contributed by atoms with E-state index in [9.17, 15) is 9.18 Å². The Morgan fingerprint density at radius 1 is 1.32 bits per heavy atom. The molecule has 0 saturated carbocycles. The molecule has 0 unspecified atom stereocenters. The van der Waals surface area contributed by atoms with Crippen LogP contribution in [0.15, 0.2) is 24.3 Å². The van der Waals surface area contributed by atoms with E-state index in [2.05, 4.69) is 4.90 Å². The molecule has 0 fully saturated rings. The summed E-state index contributed by atoms with van der Waals surface area (Å²) in [5, 5.41) is 9.06. The van der Waals surface area contributed by atoms with Crippen LogP contribution in [-0.2, 0) is 4.79 Å². The van der Waals surface area contributed by atoms with E-state index in [0.717, 1.165) is 25.2 Å². The fourth-order valence-corrected chi connectivity index (χ4v) is 1.94. The van der Waals surface area contributed by atoms with Crippen molar-refractivity contribution in [3.05, 3.63) is 30.1 Å². The van der Waals surface area contributed by atoms with Crippen LogP contribution in [-0.4, -0.2) is 24.2 Å². The molecule has 1 rings (SSSR count).